The van der Waals surface area contributed by atoms with Crippen LogP contribution >= 0.6 is 0 Å². The quantitative estimate of drug-likeness (QED) is 0.281. The molecule has 0 fully saturated rings. The molecule has 0 aliphatic heterocycles. The van der Waals surface area contributed by atoms with Crippen molar-refractivity contribution in [2.75, 3.05) is 0 Å². The normalized spacial score (nSPS) is 14.1. The van der Waals surface area contributed by atoms with Gasteiger partial charge in [-0.15, -0.1) is 0 Å². The molecule has 1 N–H and O–H groups in total. The SMILES string of the molecule is CCCCCC(F)(F)C(F)(F)C(F)(F)C(F)(F)C(F)(F)S(=O)(=O)O.c1ccncc1. The molecule has 0 aliphatic carbocycles. The van der Waals surface area contributed by atoms with Crippen LogP contribution in [0.25, 0.3) is 0 Å². The number of hydrogen-bond acceptors (Lipinski definition) is 3. The average molecular weight is 481 g/mol. The summed E-state index contributed by atoms with van der Waals surface area (Å²) in [5.74, 6) is -27.9. The molecule has 0 aromatic carbocycles. The van der Waals surface area contributed by atoms with E-state index in [1.807, 2.05) is 18.2 Å². The number of alkyl halides is 10. The summed E-state index contributed by atoms with van der Waals surface area (Å²) in [4.78, 5) is 3.78. The van der Waals surface area contributed by atoms with Crippen LogP contribution in [0.15, 0.2) is 30.6 Å². The molecule has 0 bridgehead atoms. The molecule has 176 valence electrons. The van der Waals surface area contributed by atoms with Crippen LogP contribution in [0.1, 0.15) is 32.6 Å². The number of rotatable bonds is 9. The van der Waals surface area contributed by atoms with Gasteiger partial charge in [0, 0.05) is 18.8 Å². The molecule has 0 unspecified atom stereocenters. The largest absolute Gasteiger partial charge is 0.438 e. The van der Waals surface area contributed by atoms with Gasteiger partial charge in [-0.05, 0) is 18.6 Å². The maximum Gasteiger partial charge on any atom is 0.438 e. The Bertz CT molecular complexity index is 730. The zero-order valence-corrected chi connectivity index (χ0v) is 15.9. The summed E-state index contributed by atoms with van der Waals surface area (Å²) in [5.41, 5.74) is 0. The van der Waals surface area contributed by atoms with E-state index in [4.69, 9.17) is 4.55 Å². The van der Waals surface area contributed by atoms with Crippen LogP contribution in [0.5, 0.6) is 0 Å². The molecule has 0 radical (unpaired) electrons. The lowest BCUT2D eigenvalue weighted by Gasteiger charge is -2.38. The van der Waals surface area contributed by atoms with Gasteiger partial charge in [0.15, 0.2) is 0 Å². The molecule has 0 spiro atoms. The topological polar surface area (TPSA) is 67.3 Å². The first-order valence-corrected chi connectivity index (χ1v) is 9.46. The summed E-state index contributed by atoms with van der Waals surface area (Å²) in [6, 6.07) is 5.72. The minimum absolute atomic E-state index is 0.162. The van der Waals surface area contributed by atoms with Crippen LogP contribution in [0, 0.1) is 0 Å². The highest BCUT2D eigenvalue weighted by Gasteiger charge is 2.88. The van der Waals surface area contributed by atoms with Crippen molar-refractivity contribution in [3.8, 4) is 0 Å². The fourth-order valence-electron chi connectivity index (χ4n) is 1.84. The molecule has 0 amide bonds. The fraction of sp³-hybridized carbons (Fsp3) is 0.667. The molecule has 0 aliphatic rings. The molecule has 4 nitrogen and oxygen atoms in total. The van der Waals surface area contributed by atoms with Crippen molar-refractivity contribution in [3.05, 3.63) is 30.6 Å². The lowest BCUT2D eigenvalue weighted by atomic mass is 9.95. The minimum Gasteiger partial charge on any atom is -0.281 e. The number of pyridine rings is 1. The highest BCUT2D eigenvalue weighted by atomic mass is 32.2. The third kappa shape index (κ3) is 5.53. The first-order chi connectivity index (χ1) is 13.3. The summed E-state index contributed by atoms with van der Waals surface area (Å²) in [7, 11) is -7.31. The molecule has 1 aromatic heterocycles. The standard InChI is InChI=1S/C10H12F10O3S.C5H5N/c1-2-3-4-5-6(11,12)7(13,14)8(15,16)9(17,18)10(19,20)24(21,22)23;1-2-4-6-5-3-1/h2-5H2,1H3,(H,21,22,23);1-5H. The Morgan fingerprint density at radius 1 is 0.767 bits per heavy atom. The molecule has 0 atom stereocenters. The third-order valence-corrected chi connectivity index (χ3v) is 4.50. The van der Waals surface area contributed by atoms with E-state index in [1.54, 1.807) is 12.4 Å². The van der Waals surface area contributed by atoms with Crippen LogP contribution in [-0.2, 0) is 10.1 Å². The van der Waals surface area contributed by atoms with E-state index < -0.39 is 51.9 Å². The zero-order chi connectivity index (χ0) is 24.1. The summed E-state index contributed by atoms with van der Waals surface area (Å²) < 4.78 is 159. The Balaban J connectivity index is 0.00000118. The molecule has 0 saturated heterocycles. The van der Waals surface area contributed by atoms with Gasteiger partial charge in [-0.25, -0.2) is 0 Å². The minimum atomic E-state index is -7.52. The van der Waals surface area contributed by atoms with Crippen molar-refractivity contribution in [2.24, 2.45) is 0 Å². The van der Waals surface area contributed by atoms with E-state index in [9.17, 15) is 52.3 Å². The number of nitrogens with zero attached hydrogens (tertiary/aromatic N) is 1. The van der Waals surface area contributed by atoms with Gasteiger partial charge in [0.1, 0.15) is 0 Å². The molecule has 1 aromatic rings. The van der Waals surface area contributed by atoms with Crippen LogP contribution in [-0.4, -0.2) is 46.9 Å². The number of aromatic nitrogens is 1. The summed E-state index contributed by atoms with van der Waals surface area (Å²) >= 11 is 0. The van der Waals surface area contributed by atoms with Crippen LogP contribution < -0.4 is 0 Å². The summed E-state index contributed by atoms with van der Waals surface area (Å²) in [5, 5.41) is -7.13. The number of hydrogen-bond donors (Lipinski definition) is 1. The molecule has 1 heterocycles. The number of halogens is 10. The Hall–Kier alpha value is -1.64. The van der Waals surface area contributed by atoms with Gasteiger partial charge < -0.3 is 0 Å². The second kappa shape index (κ2) is 9.66. The Labute approximate surface area is 165 Å². The van der Waals surface area contributed by atoms with Gasteiger partial charge in [-0.2, -0.15) is 52.3 Å². The molecule has 0 saturated carbocycles. The van der Waals surface area contributed by atoms with E-state index in [-0.39, 0.29) is 12.8 Å². The maximum atomic E-state index is 13.2. The van der Waals surface area contributed by atoms with Gasteiger partial charge in [0.2, 0.25) is 0 Å². The first kappa shape index (κ1) is 28.4. The van der Waals surface area contributed by atoms with Crippen LogP contribution in [0.4, 0.5) is 43.9 Å². The zero-order valence-electron chi connectivity index (χ0n) is 15.1. The van der Waals surface area contributed by atoms with Gasteiger partial charge >= 0.3 is 39.1 Å². The average Bonchev–Trinajstić information content (AvgIpc) is 2.62. The Morgan fingerprint density at radius 3 is 1.53 bits per heavy atom. The van der Waals surface area contributed by atoms with Gasteiger partial charge in [0.25, 0.3) is 0 Å². The Kier molecular flexibility index (Phi) is 9.13. The first-order valence-electron chi connectivity index (χ1n) is 8.02. The maximum absolute atomic E-state index is 13.2. The Morgan fingerprint density at radius 2 is 1.23 bits per heavy atom. The van der Waals surface area contributed by atoms with Crippen molar-refractivity contribution in [3.63, 3.8) is 0 Å². The lowest BCUT2D eigenvalue weighted by molar-refractivity contribution is -0.390. The van der Waals surface area contributed by atoms with Crippen LogP contribution in [0.3, 0.4) is 0 Å². The van der Waals surface area contributed by atoms with Crippen molar-refractivity contribution < 1.29 is 56.9 Å². The lowest BCUT2D eigenvalue weighted by Crippen LogP contribution is -2.68. The van der Waals surface area contributed by atoms with Gasteiger partial charge in [0.05, 0.1) is 0 Å². The highest BCUT2D eigenvalue weighted by Crippen LogP contribution is 2.58. The fourth-order valence-corrected chi connectivity index (χ4v) is 2.29. The van der Waals surface area contributed by atoms with Crippen molar-refractivity contribution in [1.29, 1.82) is 0 Å². The van der Waals surface area contributed by atoms with Crippen molar-refractivity contribution in [2.45, 2.75) is 61.6 Å². The summed E-state index contributed by atoms with van der Waals surface area (Å²) in [6.45, 7) is 1.41. The second-order valence-corrected chi connectivity index (χ2v) is 7.36. The van der Waals surface area contributed by atoms with Crippen molar-refractivity contribution in [1.82, 2.24) is 4.98 Å². The van der Waals surface area contributed by atoms with E-state index in [0.29, 0.717) is 0 Å². The van der Waals surface area contributed by atoms with Crippen LogP contribution in [0.2, 0.25) is 0 Å². The predicted octanol–water partition coefficient (Wildman–Crippen LogP) is 5.67. The van der Waals surface area contributed by atoms with E-state index >= 15 is 0 Å². The van der Waals surface area contributed by atoms with E-state index in [1.165, 1.54) is 6.92 Å². The number of unbranched alkanes of at least 4 members (excludes halogenated alkanes) is 2. The smallest absolute Gasteiger partial charge is 0.281 e. The summed E-state index contributed by atoms with van der Waals surface area (Å²) in [6.07, 6.45) is 0.649. The van der Waals surface area contributed by atoms with E-state index in [0.717, 1.165) is 0 Å². The second-order valence-electron chi connectivity index (χ2n) is 5.90. The predicted molar refractivity (Wildman–Crippen MR) is 84.7 cm³/mol. The molecular weight excluding hydrogens is 464 g/mol. The van der Waals surface area contributed by atoms with Gasteiger partial charge in [-0.1, -0.05) is 25.8 Å². The molecule has 15 heteroatoms. The highest BCUT2D eigenvalue weighted by molar-refractivity contribution is 7.87. The van der Waals surface area contributed by atoms with Crippen molar-refractivity contribution >= 4 is 10.1 Å². The molecule has 1 rings (SSSR count). The third-order valence-electron chi connectivity index (χ3n) is 3.60. The van der Waals surface area contributed by atoms with Gasteiger partial charge in [-0.3, -0.25) is 9.54 Å². The molecular formula is C15H17F10NO3S. The monoisotopic (exact) mass is 481 g/mol. The molecule has 30 heavy (non-hydrogen) atoms. The van der Waals surface area contributed by atoms with E-state index in [2.05, 4.69) is 4.98 Å².